The van der Waals surface area contributed by atoms with Crippen molar-refractivity contribution >= 4 is 10.8 Å². The van der Waals surface area contributed by atoms with E-state index in [1.54, 1.807) is 12.1 Å². The Balaban J connectivity index is 2.40. The molecule has 2 aromatic carbocycles. The van der Waals surface area contributed by atoms with Crippen molar-refractivity contribution in [3.8, 4) is 11.5 Å². The molecule has 20 heavy (non-hydrogen) atoms. The van der Waals surface area contributed by atoms with Gasteiger partial charge in [0.2, 0.25) is 0 Å². The lowest BCUT2D eigenvalue weighted by Crippen LogP contribution is -2.14. The predicted molar refractivity (Wildman–Crippen MR) is 77.8 cm³/mol. The van der Waals surface area contributed by atoms with Gasteiger partial charge in [-0.25, -0.2) is 0 Å². The van der Waals surface area contributed by atoms with E-state index >= 15 is 0 Å². The summed E-state index contributed by atoms with van der Waals surface area (Å²) in [5.74, 6) is 1.21. The molecule has 2 aromatic rings. The third-order valence-electron chi connectivity index (χ3n) is 3.07. The van der Waals surface area contributed by atoms with Gasteiger partial charge in [0.05, 0.1) is 0 Å². The van der Waals surface area contributed by atoms with Crippen molar-refractivity contribution in [1.82, 2.24) is 0 Å². The van der Waals surface area contributed by atoms with Crippen LogP contribution in [0.4, 0.5) is 0 Å². The molecule has 0 aliphatic rings. The van der Waals surface area contributed by atoms with Crippen molar-refractivity contribution in [2.24, 2.45) is 0 Å². The highest BCUT2D eigenvalue weighted by atomic mass is 16.6. The molecule has 0 spiro atoms. The van der Waals surface area contributed by atoms with Crippen molar-refractivity contribution in [1.29, 1.82) is 0 Å². The van der Waals surface area contributed by atoms with E-state index in [4.69, 9.17) is 9.47 Å². The van der Waals surface area contributed by atoms with Gasteiger partial charge in [-0.15, -0.1) is 0 Å². The van der Waals surface area contributed by atoms with Crippen molar-refractivity contribution < 1.29 is 19.7 Å². The molecule has 4 nitrogen and oxygen atoms in total. The largest absolute Gasteiger partial charge is 0.465 e. The molecule has 0 aliphatic heterocycles. The molecule has 0 bridgehead atoms. The highest BCUT2D eigenvalue weighted by Crippen LogP contribution is 2.33. The first-order valence-electron chi connectivity index (χ1n) is 6.86. The zero-order valence-electron chi connectivity index (χ0n) is 11.7. The van der Waals surface area contributed by atoms with Crippen LogP contribution >= 0.6 is 0 Å². The molecule has 2 N–H and O–H groups in total. The topological polar surface area (TPSA) is 58.9 Å². The standard InChI is InChI=1S/C16H20O4/c1-3-15(17)19-13-9-5-8-12-11(13)7-6-10-14(12)20-16(18)4-2/h5-10,15-18H,3-4H2,1-2H3. The molecule has 0 aliphatic carbocycles. The summed E-state index contributed by atoms with van der Waals surface area (Å²) >= 11 is 0. The lowest BCUT2D eigenvalue weighted by atomic mass is 10.1. The lowest BCUT2D eigenvalue weighted by Gasteiger charge is -2.16. The summed E-state index contributed by atoms with van der Waals surface area (Å²) in [6.45, 7) is 3.70. The number of benzene rings is 2. The Hall–Kier alpha value is -1.78. The number of hydrogen-bond donors (Lipinski definition) is 2. The SMILES string of the molecule is CCC(O)Oc1cccc2c(OC(O)CC)cccc12. The second kappa shape index (κ2) is 6.59. The average molecular weight is 276 g/mol. The number of hydrogen-bond acceptors (Lipinski definition) is 4. The summed E-state index contributed by atoms with van der Waals surface area (Å²) in [4.78, 5) is 0. The van der Waals surface area contributed by atoms with Gasteiger partial charge in [0.25, 0.3) is 0 Å². The minimum Gasteiger partial charge on any atom is -0.465 e. The van der Waals surface area contributed by atoms with Crippen LogP contribution in [0.5, 0.6) is 11.5 Å². The first kappa shape index (κ1) is 14.6. The first-order chi connectivity index (χ1) is 9.65. The van der Waals surface area contributed by atoms with Gasteiger partial charge in [0, 0.05) is 23.6 Å². The van der Waals surface area contributed by atoms with Crippen molar-refractivity contribution in [2.45, 2.75) is 39.3 Å². The van der Waals surface area contributed by atoms with Crippen LogP contribution in [0, 0.1) is 0 Å². The van der Waals surface area contributed by atoms with Gasteiger partial charge in [0.1, 0.15) is 11.5 Å². The van der Waals surface area contributed by atoms with E-state index in [0.29, 0.717) is 24.3 Å². The molecule has 2 unspecified atom stereocenters. The van der Waals surface area contributed by atoms with Gasteiger partial charge in [-0.3, -0.25) is 0 Å². The maximum Gasteiger partial charge on any atom is 0.197 e. The molecule has 0 amide bonds. The Morgan fingerprint density at radius 3 is 1.55 bits per heavy atom. The summed E-state index contributed by atoms with van der Waals surface area (Å²) in [5, 5.41) is 21.0. The fraction of sp³-hybridized carbons (Fsp3) is 0.375. The maximum absolute atomic E-state index is 9.63. The molecule has 0 saturated heterocycles. The Labute approximate surface area is 118 Å². The zero-order chi connectivity index (χ0) is 14.5. The fourth-order valence-electron chi connectivity index (χ4n) is 1.92. The number of fused-ring (bicyclic) bond motifs is 1. The summed E-state index contributed by atoms with van der Waals surface area (Å²) in [7, 11) is 0. The second-order valence-electron chi connectivity index (χ2n) is 4.57. The lowest BCUT2D eigenvalue weighted by molar-refractivity contribution is -0.0194. The van der Waals surface area contributed by atoms with E-state index < -0.39 is 12.6 Å². The molecule has 4 heteroatoms. The number of rotatable bonds is 6. The molecule has 0 fully saturated rings. The van der Waals surface area contributed by atoms with Crippen LogP contribution in [0.1, 0.15) is 26.7 Å². The molecule has 0 saturated carbocycles. The summed E-state index contributed by atoms with van der Waals surface area (Å²) in [6, 6.07) is 11.1. The quantitative estimate of drug-likeness (QED) is 0.796. The van der Waals surface area contributed by atoms with Crippen LogP contribution in [-0.4, -0.2) is 22.8 Å². The van der Waals surface area contributed by atoms with Crippen LogP contribution < -0.4 is 9.47 Å². The van der Waals surface area contributed by atoms with Gasteiger partial charge in [-0.2, -0.15) is 0 Å². The van der Waals surface area contributed by atoms with E-state index in [2.05, 4.69) is 0 Å². The Kier molecular flexibility index (Phi) is 4.82. The van der Waals surface area contributed by atoms with Crippen LogP contribution in [-0.2, 0) is 0 Å². The van der Waals surface area contributed by atoms with E-state index in [0.717, 1.165) is 10.8 Å². The Bertz CT molecular complexity index is 516. The number of ether oxygens (including phenoxy) is 2. The van der Waals surface area contributed by atoms with Crippen LogP contribution in [0.2, 0.25) is 0 Å². The third-order valence-corrected chi connectivity index (χ3v) is 3.07. The van der Waals surface area contributed by atoms with Crippen molar-refractivity contribution in [3.05, 3.63) is 36.4 Å². The normalized spacial score (nSPS) is 14.0. The second-order valence-corrected chi connectivity index (χ2v) is 4.57. The Morgan fingerprint density at radius 1 is 0.800 bits per heavy atom. The van der Waals surface area contributed by atoms with Crippen LogP contribution in [0.3, 0.4) is 0 Å². The zero-order valence-corrected chi connectivity index (χ0v) is 11.7. The molecular weight excluding hydrogens is 256 g/mol. The van der Waals surface area contributed by atoms with E-state index in [-0.39, 0.29) is 0 Å². The molecule has 2 rings (SSSR count). The molecule has 0 heterocycles. The van der Waals surface area contributed by atoms with Gasteiger partial charge < -0.3 is 19.7 Å². The fourth-order valence-corrected chi connectivity index (χ4v) is 1.92. The van der Waals surface area contributed by atoms with E-state index in [9.17, 15) is 10.2 Å². The minimum absolute atomic E-state index is 0.515. The van der Waals surface area contributed by atoms with E-state index in [1.165, 1.54) is 0 Å². The van der Waals surface area contributed by atoms with Crippen molar-refractivity contribution in [3.63, 3.8) is 0 Å². The monoisotopic (exact) mass is 276 g/mol. The molecular formula is C16H20O4. The molecule has 0 radical (unpaired) electrons. The smallest absolute Gasteiger partial charge is 0.197 e. The third kappa shape index (κ3) is 3.21. The molecule has 2 atom stereocenters. The van der Waals surface area contributed by atoms with Gasteiger partial charge in [0.15, 0.2) is 12.6 Å². The predicted octanol–water partition coefficient (Wildman–Crippen LogP) is 3.05. The molecule has 108 valence electrons. The highest BCUT2D eigenvalue weighted by molar-refractivity contribution is 5.93. The highest BCUT2D eigenvalue weighted by Gasteiger charge is 2.11. The van der Waals surface area contributed by atoms with Crippen LogP contribution in [0.25, 0.3) is 10.8 Å². The minimum atomic E-state index is -0.827. The number of aliphatic hydroxyl groups is 2. The van der Waals surface area contributed by atoms with Crippen LogP contribution in [0.15, 0.2) is 36.4 Å². The average Bonchev–Trinajstić information content (AvgIpc) is 2.47. The first-order valence-corrected chi connectivity index (χ1v) is 6.86. The number of aliphatic hydroxyl groups excluding tert-OH is 2. The van der Waals surface area contributed by atoms with Gasteiger partial charge >= 0.3 is 0 Å². The van der Waals surface area contributed by atoms with Crippen molar-refractivity contribution in [2.75, 3.05) is 0 Å². The molecule has 0 aromatic heterocycles. The van der Waals surface area contributed by atoms with Gasteiger partial charge in [-0.05, 0) is 12.1 Å². The Morgan fingerprint density at radius 2 is 1.20 bits per heavy atom. The summed E-state index contributed by atoms with van der Waals surface area (Å²) in [6.07, 6.45) is -0.625. The summed E-state index contributed by atoms with van der Waals surface area (Å²) in [5.41, 5.74) is 0. The van der Waals surface area contributed by atoms with Gasteiger partial charge in [-0.1, -0.05) is 38.1 Å². The van der Waals surface area contributed by atoms with E-state index in [1.807, 2.05) is 38.1 Å². The summed E-state index contributed by atoms with van der Waals surface area (Å²) < 4.78 is 11.0. The maximum atomic E-state index is 9.63.